The van der Waals surface area contributed by atoms with Gasteiger partial charge in [0.1, 0.15) is 23.5 Å². The topological polar surface area (TPSA) is 139 Å². The van der Waals surface area contributed by atoms with Gasteiger partial charge in [0.05, 0.1) is 19.2 Å². The van der Waals surface area contributed by atoms with E-state index in [0.29, 0.717) is 43.8 Å². The van der Waals surface area contributed by atoms with E-state index in [2.05, 4.69) is 44.0 Å². The van der Waals surface area contributed by atoms with Gasteiger partial charge < -0.3 is 25.7 Å². The first kappa shape index (κ1) is 30.1. The van der Waals surface area contributed by atoms with Gasteiger partial charge >= 0.3 is 0 Å². The van der Waals surface area contributed by atoms with Crippen molar-refractivity contribution in [3.8, 4) is 11.8 Å². The third-order valence-corrected chi connectivity index (χ3v) is 8.45. The fourth-order valence-corrected chi connectivity index (χ4v) is 6.36. The molecule has 43 heavy (non-hydrogen) atoms. The van der Waals surface area contributed by atoms with Gasteiger partial charge in [-0.05, 0) is 61.4 Å². The second-order valence-electron chi connectivity index (χ2n) is 12.2. The van der Waals surface area contributed by atoms with Crippen LogP contribution in [-0.4, -0.2) is 58.9 Å². The number of hydrogen-bond acceptors (Lipinski definition) is 6. The molecule has 0 bridgehead atoms. The zero-order valence-corrected chi connectivity index (χ0v) is 25.1. The van der Waals surface area contributed by atoms with E-state index in [0.717, 1.165) is 22.0 Å². The van der Waals surface area contributed by atoms with Crippen molar-refractivity contribution in [3.63, 3.8) is 0 Å². The molecule has 0 saturated carbocycles. The van der Waals surface area contributed by atoms with Crippen molar-refractivity contribution in [2.24, 2.45) is 11.8 Å². The molecule has 10 nitrogen and oxygen atoms in total. The number of carbonyl (C=O) groups is 3. The average Bonchev–Trinajstić information content (AvgIpc) is 3.68. The molecular formula is C33H40N6O4. The van der Waals surface area contributed by atoms with Crippen LogP contribution in [0.15, 0.2) is 48.5 Å². The number of aromatic amines is 1. The Morgan fingerprint density at radius 3 is 2.44 bits per heavy atom. The van der Waals surface area contributed by atoms with Crippen molar-refractivity contribution in [1.29, 1.82) is 5.26 Å². The number of benzene rings is 2. The predicted octanol–water partition coefficient (Wildman–Crippen LogP) is 3.63. The number of carbonyl (C=O) groups excluding carboxylic acids is 3. The molecule has 5 rings (SSSR count). The normalized spacial score (nSPS) is 20.2. The van der Waals surface area contributed by atoms with E-state index in [1.807, 2.05) is 51.1 Å². The first-order valence-corrected chi connectivity index (χ1v) is 14.9. The van der Waals surface area contributed by atoms with Crippen LogP contribution in [0.1, 0.15) is 61.6 Å². The number of ether oxygens (including phenoxy) is 1. The van der Waals surface area contributed by atoms with Gasteiger partial charge in [-0.1, -0.05) is 44.2 Å². The Morgan fingerprint density at radius 1 is 1.12 bits per heavy atom. The zero-order valence-electron chi connectivity index (χ0n) is 25.1. The molecule has 0 radical (unpaired) electrons. The van der Waals surface area contributed by atoms with Crippen LogP contribution < -0.4 is 20.7 Å². The number of hydrogen-bond donors (Lipinski definition) is 4. The van der Waals surface area contributed by atoms with Gasteiger partial charge in [-0.25, -0.2) is 0 Å². The van der Waals surface area contributed by atoms with Gasteiger partial charge in [0.2, 0.25) is 11.8 Å². The van der Waals surface area contributed by atoms with Crippen LogP contribution in [0, 0.1) is 23.2 Å². The van der Waals surface area contributed by atoms with Crippen LogP contribution in [0.3, 0.4) is 0 Å². The third-order valence-electron chi connectivity index (χ3n) is 8.45. The molecular weight excluding hydrogens is 544 g/mol. The molecule has 1 fully saturated rings. The van der Waals surface area contributed by atoms with E-state index < -0.39 is 24.0 Å². The summed E-state index contributed by atoms with van der Waals surface area (Å²) in [6, 6.07) is 15.7. The summed E-state index contributed by atoms with van der Waals surface area (Å²) < 4.78 is 5.43. The fourth-order valence-electron chi connectivity index (χ4n) is 6.36. The van der Waals surface area contributed by atoms with Crippen LogP contribution in [0.4, 0.5) is 0 Å². The van der Waals surface area contributed by atoms with Crippen LogP contribution in [-0.2, 0) is 22.7 Å². The van der Waals surface area contributed by atoms with Gasteiger partial charge in [0, 0.05) is 36.0 Å². The van der Waals surface area contributed by atoms with Gasteiger partial charge in [-0.2, -0.15) is 5.26 Å². The van der Waals surface area contributed by atoms with E-state index in [-0.39, 0.29) is 29.7 Å². The number of nitrogens with one attached hydrogen (secondary N) is 4. The number of H-pyrrole nitrogens is 1. The SMILES string of the molecule is COc1cccc2[nH]c(C(=O)NC(CC(C)C)C(=O)NC(CC3CC(C)NC3=O)C(C#N)N3Cc4ccccc4C3)cc12. The second-order valence-corrected chi connectivity index (χ2v) is 12.2. The van der Waals surface area contributed by atoms with Crippen molar-refractivity contribution < 1.29 is 19.1 Å². The Balaban J connectivity index is 1.37. The molecule has 226 valence electrons. The lowest BCUT2D eigenvalue weighted by molar-refractivity contribution is -0.126. The summed E-state index contributed by atoms with van der Waals surface area (Å²) in [5.41, 5.74) is 3.38. The highest BCUT2D eigenvalue weighted by Crippen LogP contribution is 2.29. The predicted molar refractivity (Wildman–Crippen MR) is 163 cm³/mol. The maximum Gasteiger partial charge on any atom is 0.268 e. The second kappa shape index (κ2) is 12.9. The zero-order chi connectivity index (χ0) is 30.7. The summed E-state index contributed by atoms with van der Waals surface area (Å²) in [6.07, 6.45) is 1.37. The number of nitrogens with zero attached hydrogens (tertiary/aromatic N) is 2. The summed E-state index contributed by atoms with van der Waals surface area (Å²) in [5.74, 6) is -0.409. The van der Waals surface area contributed by atoms with Crippen molar-refractivity contribution in [3.05, 3.63) is 65.4 Å². The molecule has 3 heterocycles. The highest BCUT2D eigenvalue weighted by Gasteiger charge is 2.39. The lowest BCUT2D eigenvalue weighted by Crippen LogP contribution is -2.56. The summed E-state index contributed by atoms with van der Waals surface area (Å²) in [7, 11) is 1.58. The lowest BCUT2D eigenvalue weighted by atomic mass is 9.91. The Bertz CT molecular complexity index is 1520. The summed E-state index contributed by atoms with van der Waals surface area (Å²) in [6.45, 7) is 7.11. The monoisotopic (exact) mass is 584 g/mol. The molecule has 5 atom stereocenters. The van der Waals surface area contributed by atoms with Gasteiger partial charge in [0.25, 0.3) is 5.91 Å². The van der Waals surface area contributed by atoms with Crippen molar-refractivity contribution in [1.82, 2.24) is 25.8 Å². The molecule has 0 aliphatic carbocycles. The average molecular weight is 585 g/mol. The van der Waals surface area contributed by atoms with Crippen molar-refractivity contribution in [2.45, 2.75) is 77.3 Å². The fraction of sp³-hybridized carbons (Fsp3) is 0.455. The number of rotatable bonds is 11. The minimum atomic E-state index is -0.838. The van der Waals surface area contributed by atoms with Gasteiger partial charge in [-0.15, -0.1) is 0 Å². The number of methoxy groups -OCH3 is 1. The van der Waals surface area contributed by atoms with Gasteiger partial charge in [0.15, 0.2) is 0 Å². The minimum absolute atomic E-state index is 0.0355. The van der Waals surface area contributed by atoms with Crippen molar-refractivity contribution >= 4 is 28.6 Å². The first-order chi connectivity index (χ1) is 20.7. The minimum Gasteiger partial charge on any atom is -0.496 e. The van der Waals surface area contributed by atoms with E-state index in [1.54, 1.807) is 13.2 Å². The Kier molecular flexibility index (Phi) is 9.02. The number of nitriles is 1. The molecule has 5 unspecified atom stereocenters. The van der Waals surface area contributed by atoms with E-state index >= 15 is 0 Å². The van der Waals surface area contributed by atoms with Crippen LogP contribution in [0.5, 0.6) is 5.75 Å². The van der Waals surface area contributed by atoms with E-state index in [1.165, 1.54) is 0 Å². The smallest absolute Gasteiger partial charge is 0.268 e. The summed E-state index contributed by atoms with van der Waals surface area (Å²) in [4.78, 5) is 45.2. The first-order valence-electron chi connectivity index (χ1n) is 14.9. The lowest BCUT2D eigenvalue weighted by Gasteiger charge is -2.32. The highest BCUT2D eigenvalue weighted by molar-refractivity contribution is 6.01. The maximum absolute atomic E-state index is 13.9. The van der Waals surface area contributed by atoms with Crippen LogP contribution in [0.25, 0.3) is 10.9 Å². The third kappa shape index (κ3) is 6.67. The maximum atomic E-state index is 13.9. The van der Waals surface area contributed by atoms with E-state index in [4.69, 9.17) is 4.74 Å². The molecule has 3 amide bonds. The molecule has 4 N–H and O–H groups in total. The number of fused-ring (bicyclic) bond motifs is 2. The Morgan fingerprint density at radius 2 is 1.84 bits per heavy atom. The standard InChI is InChI=1S/C33H40N6O4/c1-19(2)12-27(38-33(42)28-15-24-25(36-28)10-7-11-30(24)43-4)32(41)37-26(14-23-13-20(3)35-31(23)40)29(16-34)39-17-21-8-5-6-9-22(21)18-39/h5-11,15,19-20,23,26-27,29,36H,12-14,17-18H2,1-4H3,(H,35,40)(H,37,41)(H,38,42). The largest absolute Gasteiger partial charge is 0.496 e. The number of aromatic nitrogens is 1. The molecule has 1 aromatic heterocycles. The Labute approximate surface area is 252 Å². The van der Waals surface area contributed by atoms with Gasteiger partial charge in [-0.3, -0.25) is 19.3 Å². The molecule has 0 spiro atoms. The molecule has 3 aromatic rings. The Hall–Kier alpha value is -4.36. The number of amides is 3. The molecule has 1 saturated heterocycles. The highest BCUT2D eigenvalue weighted by atomic mass is 16.5. The molecule has 2 aliphatic rings. The summed E-state index contributed by atoms with van der Waals surface area (Å²) >= 11 is 0. The molecule has 10 heteroatoms. The van der Waals surface area contributed by atoms with Crippen LogP contribution >= 0.6 is 0 Å². The van der Waals surface area contributed by atoms with Crippen LogP contribution in [0.2, 0.25) is 0 Å². The quantitative estimate of drug-likeness (QED) is 0.272. The molecule has 2 aliphatic heterocycles. The summed E-state index contributed by atoms with van der Waals surface area (Å²) in [5, 5.41) is 20.2. The molecule has 2 aromatic carbocycles. The van der Waals surface area contributed by atoms with E-state index in [9.17, 15) is 19.6 Å². The van der Waals surface area contributed by atoms with Crippen molar-refractivity contribution in [2.75, 3.05) is 7.11 Å².